The molecule has 6 aromatic carbocycles. The van der Waals surface area contributed by atoms with Gasteiger partial charge in [-0.1, -0.05) is 130 Å². The number of aryl methyl sites for hydroxylation is 2. The van der Waals surface area contributed by atoms with Crippen molar-refractivity contribution in [3.8, 4) is 33.6 Å². The van der Waals surface area contributed by atoms with Gasteiger partial charge >= 0.3 is 0 Å². The molecule has 1 aliphatic rings. The van der Waals surface area contributed by atoms with Gasteiger partial charge in [0.1, 0.15) is 5.58 Å². The number of rotatable bonds is 4. The number of hydrogen-bond donors (Lipinski definition) is 0. The van der Waals surface area contributed by atoms with E-state index in [4.69, 9.17) is 15.4 Å². The first kappa shape index (κ1) is 31.6. The van der Waals surface area contributed by atoms with Crippen molar-refractivity contribution in [2.45, 2.75) is 83.8 Å². The minimum atomic E-state index is -2.74. The smallest absolute Gasteiger partial charge is 0.121 e. The van der Waals surface area contributed by atoms with Crippen LogP contribution in [0.2, 0.25) is 25.2 Å². The van der Waals surface area contributed by atoms with Crippen LogP contribution in [0, 0.1) is 25.8 Å². The zero-order valence-electron chi connectivity index (χ0n) is 43.5. The topological polar surface area (TPSA) is 38.9 Å². The van der Waals surface area contributed by atoms with Crippen LogP contribution in [-0.2, 0) is 25.5 Å². The predicted molar refractivity (Wildman–Crippen MR) is 252 cm³/mol. The third-order valence-electron chi connectivity index (χ3n) is 11.8. The Hall–Kier alpha value is -5.19. The molecule has 1 radical (unpaired) electrons. The third kappa shape index (κ3) is 8.28. The Balaban J connectivity index is 0.000000244. The zero-order chi connectivity index (χ0) is 48.6. The molecule has 0 N–H and O–H groups in total. The fraction of sp³-hybridized carbons (Fsp3) is 0.236. The van der Waals surface area contributed by atoms with E-state index in [-0.39, 0.29) is 60.1 Å². The van der Waals surface area contributed by atoms with Gasteiger partial charge in [0, 0.05) is 55.6 Å². The molecule has 0 amide bonds. The van der Waals surface area contributed by atoms with Gasteiger partial charge in [0.25, 0.3) is 0 Å². The number of hydrogen-bond acceptors (Lipinski definition) is 3. The van der Waals surface area contributed by atoms with Crippen molar-refractivity contribution in [1.82, 2.24) is 9.97 Å². The first-order chi connectivity index (χ1) is 32.0. The van der Waals surface area contributed by atoms with Crippen molar-refractivity contribution in [2.24, 2.45) is 0 Å². The van der Waals surface area contributed by atoms with Gasteiger partial charge < -0.3 is 14.4 Å². The third-order valence-corrected chi connectivity index (χ3v) is 15.0. The van der Waals surface area contributed by atoms with E-state index in [1.807, 2.05) is 81.6 Å². The van der Waals surface area contributed by atoms with Crippen molar-refractivity contribution < 1.29 is 36.9 Å². The van der Waals surface area contributed by atoms with E-state index in [1.54, 1.807) is 12.1 Å². The van der Waals surface area contributed by atoms with Crippen molar-refractivity contribution >= 4 is 51.6 Å². The van der Waals surface area contributed by atoms with Gasteiger partial charge in [-0.3, -0.25) is 0 Å². The second-order valence-corrected chi connectivity index (χ2v) is 22.8. The Labute approximate surface area is 382 Å². The molecule has 4 heterocycles. The maximum absolute atomic E-state index is 9.39. The maximum atomic E-state index is 9.39. The van der Waals surface area contributed by atoms with Gasteiger partial charge in [-0.2, -0.15) is 0 Å². The largest absolute Gasteiger partial charge is 0.501 e. The second-order valence-electron chi connectivity index (χ2n) is 17.5. The van der Waals surface area contributed by atoms with Crippen molar-refractivity contribution in [2.75, 3.05) is 0 Å². The van der Waals surface area contributed by atoms with Gasteiger partial charge in [0.05, 0.1) is 8.32 Å². The van der Waals surface area contributed by atoms with Crippen molar-refractivity contribution in [3.05, 3.63) is 168 Å². The molecule has 0 atom stereocenters. The normalized spacial score (nSPS) is 17.4. The van der Waals surface area contributed by atoms with Crippen LogP contribution in [0.15, 0.2) is 138 Å². The van der Waals surface area contributed by atoms with Gasteiger partial charge in [-0.25, -0.2) is 0 Å². The van der Waals surface area contributed by atoms with Crippen LogP contribution in [0.5, 0.6) is 0 Å². The molecule has 60 heavy (non-hydrogen) atoms. The fourth-order valence-electron chi connectivity index (χ4n) is 8.12. The van der Waals surface area contributed by atoms with Gasteiger partial charge in [-0.15, -0.1) is 54.1 Å². The quantitative estimate of drug-likeness (QED) is 0.100. The Morgan fingerprint density at radius 1 is 0.733 bits per heavy atom. The summed E-state index contributed by atoms with van der Waals surface area (Å²) in [5.41, 5.74) is 3.87. The summed E-state index contributed by atoms with van der Waals surface area (Å²) in [6.45, 7) is 5.19. The molecule has 5 heteroatoms. The summed E-state index contributed by atoms with van der Waals surface area (Å²) >= 11 is 0. The number of aromatic nitrogens is 2. The molecule has 3 aromatic heterocycles. The average molecular weight is 986 g/mol. The molecule has 1 fully saturated rings. The van der Waals surface area contributed by atoms with E-state index in [0.717, 1.165) is 68.2 Å². The van der Waals surface area contributed by atoms with Crippen LogP contribution < -0.4 is 0 Å². The zero-order valence-corrected chi connectivity index (χ0v) is 37.9. The Kier molecular flexibility index (Phi) is 8.81. The van der Waals surface area contributed by atoms with E-state index in [9.17, 15) is 1.37 Å². The number of fused-ring (bicyclic) bond motifs is 6. The van der Waals surface area contributed by atoms with Gasteiger partial charge in [-0.05, 0) is 116 Å². The van der Waals surface area contributed by atoms with E-state index < -0.39 is 33.1 Å². The van der Waals surface area contributed by atoms with Crippen LogP contribution >= 0.6 is 0 Å². The fourth-order valence-corrected chi connectivity index (χ4v) is 10.3. The monoisotopic (exact) mass is 986 g/mol. The molecule has 0 unspecified atom stereocenters. The van der Waals surface area contributed by atoms with E-state index >= 15 is 0 Å². The molecule has 0 bridgehead atoms. The van der Waals surface area contributed by atoms with E-state index in [2.05, 4.69) is 71.6 Å². The predicted octanol–water partition coefficient (Wildman–Crippen LogP) is 15.5. The molecule has 0 saturated carbocycles. The average Bonchev–Trinajstić information content (AvgIpc) is 3.66. The maximum Gasteiger partial charge on any atom is 0.121 e. The summed E-state index contributed by atoms with van der Waals surface area (Å²) in [5.74, 6) is -0.422. The molecule has 9 aromatic rings. The molecule has 3 nitrogen and oxygen atoms in total. The summed E-state index contributed by atoms with van der Waals surface area (Å²) in [6, 6.07) is 43.4. The van der Waals surface area contributed by atoms with Crippen LogP contribution in [0.1, 0.15) is 74.1 Å². The molecule has 10 rings (SSSR count). The van der Waals surface area contributed by atoms with Crippen LogP contribution in [0.25, 0.3) is 77.1 Å². The summed E-state index contributed by atoms with van der Waals surface area (Å²) < 4.78 is 83.6. The van der Waals surface area contributed by atoms with Crippen LogP contribution in [0.3, 0.4) is 0 Å². The number of furan rings is 1. The first-order valence-electron chi connectivity index (χ1n) is 24.8. The molecular weight excluding hydrogens is 925 g/mol. The number of pyridine rings is 2. The summed E-state index contributed by atoms with van der Waals surface area (Å²) in [7, 11) is -1.02. The Bertz CT molecular complexity index is 3370. The van der Waals surface area contributed by atoms with E-state index in [0.29, 0.717) is 22.3 Å². The Morgan fingerprint density at radius 3 is 2.27 bits per heavy atom. The van der Waals surface area contributed by atoms with Gasteiger partial charge in [0.2, 0.25) is 0 Å². The van der Waals surface area contributed by atoms with Crippen LogP contribution in [0.4, 0.5) is 0 Å². The second kappa shape index (κ2) is 16.7. The van der Waals surface area contributed by atoms with Crippen molar-refractivity contribution in [3.63, 3.8) is 0 Å². The number of nitrogens with zero attached hydrogens (tertiary/aromatic N) is 2. The minimum Gasteiger partial charge on any atom is -0.501 e. The minimum absolute atomic E-state index is 0. The summed E-state index contributed by atoms with van der Waals surface area (Å²) in [5, 5.41) is 5.90. The standard InChI is InChI=1S/C37H30NO.C18H22NSi.Ir/c1-22-17-26(37(3,4)5)15-16-27(22)31-19-34(38-21-23(31)2)30-12-8-11-29-33-18-25-14-13-24-9-6-7-10-28(24)32(25)20-35(33)39-36(29)30;1-20(2)12-10-15(11-13-20)17-8-9-18(19-14-17)16-6-4-3-5-7-16;/h6-11,13-21H,1-5H3;3-6,8-9,14-15H,10-13H2,1-2H3;/q2*-1;/i1D3,2D3,16D,19D;15D;. The molecule has 1 saturated heterocycles. The van der Waals surface area contributed by atoms with Gasteiger partial charge in [0.15, 0.2) is 0 Å². The summed E-state index contributed by atoms with van der Waals surface area (Å²) in [4.78, 5) is 9.02. The number of benzene rings is 6. The van der Waals surface area contributed by atoms with Crippen LogP contribution in [-0.4, -0.2) is 18.0 Å². The SMILES string of the molecule is [2H]C1(c2ccc(-c3[c-]cccc3)nc2)CC[Si](C)(C)CC1.[2H]c1cc(C(C)(C)C)cc(C([2H])([2H])[2H])c1-c1c(C([2H])([2H])[2H])cnc(-c2[c-]ccc3c2oc2cc4c(ccc5ccccc54)cc23)c1[2H].[Ir]. The van der Waals surface area contributed by atoms with E-state index in [1.165, 1.54) is 18.2 Å². The summed E-state index contributed by atoms with van der Waals surface area (Å²) in [6.07, 6.45) is 5.05. The molecule has 303 valence electrons. The first-order valence-corrected chi connectivity index (χ1v) is 23.7. The molecule has 0 aliphatic carbocycles. The molecular formula is C55H52IrN2OSi-2. The van der Waals surface area contributed by atoms with Crippen molar-refractivity contribution in [1.29, 1.82) is 0 Å². The molecule has 0 spiro atoms. The molecule has 1 aliphatic heterocycles. The Morgan fingerprint density at radius 2 is 1.52 bits per heavy atom.